The van der Waals surface area contributed by atoms with Crippen molar-refractivity contribution < 1.29 is 17.6 Å². The van der Waals surface area contributed by atoms with Crippen molar-refractivity contribution in [3.8, 4) is 0 Å². The fourth-order valence-electron chi connectivity index (χ4n) is 1.97. The molecule has 1 atom stereocenters. The average molecular weight is 348 g/mol. The van der Waals surface area contributed by atoms with Crippen LogP contribution in [0.5, 0.6) is 0 Å². The van der Waals surface area contributed by atoms with Gasteiger partial charge in [0, 0.05) is 16.1 Å². The van der Waals surface area contributed by atoms with Gasteiger partial charge in [0.1, 0.15) is 11.6 Å². The van der Waals surface area contributed by atoms with E-state index in [0.29, 0.717) is 16.1 Å². The molecule has 0 heterocycles. The molecule has 0 aliphatic rings. The zero-order chi connectivity index (χ0) is 14.9. The number of hydrogen-bond acceptors (Lipinski definition) is 1. The van der Waals surface area contributed by atoms with Crippen LogP contribution in [0.4, 0.5) is 17.6 Å². The molecule has 2 rings (SSSR count). The summed E-state index contributed by atoms with van der Waals surface area (Å²) in [5.41, 5.74) is 0.287. The number of benzene rings is 2. The summed E-state index contributed by atoms with van der Waals surface area (Å²) in [6.45, 7) is 0. The maximum absolute atomic E-state index is 13.8. The molecule has 0 spiro atoms. The largest absolute Gasteiger partial charge is 0.309 e. The van der Waals surface area contributed by atoms with Gasteiger partial charge in [-0.1, -0.05) is 15.9 Å². The second-order valence-corrected chi connectivity index (χ2v) is 5.03. The lowest BCUT2D eigenvalue weighted by atomic mass is 9.98. The Balaban J connectivity index is 2.58. The molecule has 0 aliphatic heterocycles. The molecule has 0 aliphatic carbocycles. The van der Waals surface area contributed by atoms with E-state index in [1.807, 2.05) is 0 Å². The molecule has 2 aromatic rings. The van der Waals surface area contributed by atoms with E-state index in [1.165, 1.54) is 25.2 Å². The van der Waals surface area contributed by atoms with Gasteiger partial charge in [-0.3, -0.25) is 0 Å². The zero-order valence-electron chi connectivity index (χ0n) is 10.4. The van der Waals surface area contributed by atoms with E-state index in [2.05, 4.69) is 21.2 Å². The number of rotatable bonds is 3. The number of halogens is 5. The Bertz CT molecular complexity index is 645. The standard InChI is InChI=1S/C14H10BrF4N/c1-20-14(8-4-7(16)2-3-10(8)15)9-5-12(18)13(19)6-11(9)17/h2-6,14,20H,1H3. The molecule has 0 saturated heterocycles. The first-order chi connectivity index (χ1) is 9.43. The van der Waals surface area contributed by atoms with Gasteiger partial charge in [-0.25, -0.2) is 17.6 Å². The van der Waals surface area contributed by atoms with E-state index in [1.54, 1.807) is 0 Å². The summed E-state index contributed by atoms with van der Waals surface area (Å²) in [5, 5.41) is 2.76. The van der Waals surface area contributed by atoms with Crippen molar-refractivity contribution in [3.05, 3.63) is 69.2 Å². The highest BCUT2D eigenvalue weighted by molar-refractivity contribution is 9.10. The monoisotopic (exact) mass is 347 g/mol. The molecule has 0 aromatic heterocycles. The molecule has 106 valence electrons. The summed E-state index contributed by atoms with van der Waals surface area (Å²) in [5.74, 6) is -3.83. The highest BCUT2D eigenvalue weighted by Gasteiger charge is 2.21. The first-order valence-corrected chi connectivity index (χ1v) is 6.50. The topological polar surface area (TPSA) is 12.0 Å². The van der Waals surface area contributed by atoms with Crippen molar-refractivity contribution in [1.82, 2.24) is 5.32 Å². The molecule has 0 amide bonds. The van der Waals surface area contributed by atoms with Crippen LogP contribution in [0.3, 0.4) is 0 Å². The predicted octanol–water partition coefficient (Wildman–Crippen LogP) is 4.31. The van der Waals surface area contributed by atoms with Crippen molar-refractivity contribution in [2.24, 2.45) is 0 Å². The van der Waals surface area contributed by atoms with Gasteiger partial charge in [-0.05, 0) is 36.9 Å². The van der Waals surface area contributed by atoms with Gasteiger partial charge >= 0.3 is 0 Å². The Kier molecular flexibility index (Phi) is 4.45. The summed E-state index contributed by atoms with van der Waals surface area (Å²) in [4.78, 5) is 0. The van der Waals surface area contributed by atoms with Crippen LogP contribution in [0.15, 0.2) is 34.8 Å². The lowest BCUT2D eigenvalue weighted by Crippen LogP contribution is -2.20. The van der Waals surface area contributed by atoms with Crippen LogP contribution >= 0.6 is 15.9 Å². The zero-order valence-corrected chi connectivity index (χ0v) is 11.9. The Morgan fingerprint density at radius 1 is 0.900 bits per heavy atom. The van der Waals surface area contributed by atoms with E-state index in [-0.39, 0.29) is 5.56 Å². The van der Waals surface area contributed by atoms with Crippen molar-refractivity contribution in [1.29, 1.82) is 0 Å². The second-order valence-electron chi connectivity index (χ2n) is 4.18. The Labute approximate surface area is 121 Å². The molecule has 1 N–H and O–H groups in total. The minimum Gasteiger partial charge on any atom is -0.309 e. The first-order valence-electron chi connectivity index (χ1n) is 5.70. The molecule has 1 nitrogen and oxygen atoms in total. The van der Waals surface area contributed by atoms with Crippen molar-refractivity contribution in [2.45, 2.75) is 6.04 Å². The van der Waals surface area contributed by atoms with E-state index >= 15 is 0 Å². The summed E-state index contributed by atoms with van der Waals surface area (Å²) in [6.07, 6.45) is 0. The lowest BCUT2D eigenvalue weighted by Gasteiger charge is -2.19. The fourth-order valence-corrected chi connectivity index (χ4v) is 2.45. The molecule has 6 heteroatoms. The molecule has 2 aromatic carbocycles. The third kappa shape index (κ3) is 2.86. The van der Waals surface area contributed by atoms with Crippen molar-refractivity contribution in [3.63, 3.8) is 0 Å². The average Bonchev–Trinajstić information content (AvgIpc) is 2.40. The third-order valence-corrected chi connectivity index (χ3v) is 3.63. The Morgan fingerprint density at radius 2 is 1.55 bits per heavy atom. The SMILES string of the molecule is CNC(c1cc(F)c(F)cc1F)c1cc(F)ccc1Br. The van der Waals surface area contributed by atoms with Gasteiger partial charge in [0.15, 0.2) is 11.6 Å². The van der Waals surface area contributed by atoms with Crippen LogP contribution < -0.4 is 5.32 Å². The van der Waals surface area contributed by atoms with Crippen LogP contribution in [-0.4, -0.2) is 7.05 Å². The van der Waals surface area contributed by atoms with Crippen LogP contribution in [0.1, 0.15) is 17.2 Å². The Hall–Kier alpha value is -1.40. The first kappa shape index (κ1) is 15.0. The molecular weight excluding hydrogens is 338 g/mol. The molecule has 0 radical (unpaired) electrons. The normalized spacial score (nSPS) is 12.5. The van der Waals surface area contributed by atoms with Gasteiger partial charge < -0.3 is 5.32 Å². The van der Waals surface area contributed by atoms with Gasteiger partial charge in [0.2, 0.25) is 0 Å². The molecule has 1 unspecified atom stereocenters. The number of hydrogen-bond donors (Lipinski definition) is 1. The predicted molar refractivity (Wildman–Crippen MR) is 71.3 cm³/mol. The highest BCUT2D eigenvalue weighted by Crippen LogP contribution is 2.31. The molecule has 20 heavy (non-hydrogen) atoms. The van der Waals surface area contributed by atoms with Crippen molar-refractivity contribution >= 4 is 15.9 Å². The van der Waals surface area contributed by atoms with Crippen LogP contribution in [-0.2, 0) is 0 Å². The van der Waals surface area contributed by atoms with Gasteiger partial charge in [-0.2, -0.15) is 0 Å². The summed E-state index contributed by atoms with van der Waals surface area (Å²) in [7, 11) is 1.52. The molecule has 0 bridgehead atoms. The lowest BCUT2D eigenvalue weighted by molar-refractivity contribution is 0.483. The minimum atomic E-state index is -1.26. The Morgan fingerprint density at radius 3 is 2.20 bits per heavy atom. The van der Waals surface area contributed by atoms with E-state index < -0.39 is 29.3 Å². The smallest absolute Gasteiger partial charge is 0.161 e. The molecule has 0 fully saturated rings. The highest BCUT2D eigenvalue weighted by atomic mass is 79.9. The minimum absolute atomic E-state index is 0.0994. The van der Waals surface area contributed by atoms with Crippen LogP contribution in [0.2, 0.25) is 0 Å². The number of nitrogens with one attached hydrogen (secondary N) is 1. The fraction of sp³-hybridized carbons (Fsp3) is 0.143. The molecular formula is C14H10BrF4N. The van der Waals surface area contributed by atoms with E-state index in [4.69, 9.17) is 0 Å². The third-order valence-electron chi connectivity index (χ3n) is 2.91. The summed E-state index contributed by atoms with van der Waals surface area (Å²) < 4.78 is 54.0. The van der Waals surface area contributed by atoms with Gasteiger partial charge in [-0.15, -0.1) is 0 Å². The van der Waals surface area contributed by atoms with E-state index in [0.717, 1.165) is 6.07 Å². The maximum atomic E-state index is 13.8. The summed E-state index contributed by atoms with van der Waals surface area (Å²) >= 11 is 3.23. The van der Waals surface area contributed by atoms with Crippen LogP contribution in [0.25, 0.3) is 0 Å². The van der Waals surface area contributed by atoms with E-state index in [9.17, 15) is 17.6 Å². The van der Waals surface area contributed by atoms with Crippen LogP contribution in [0, 0.1) is 23.3 Å². The van der Waals surface area contributed by atoms with Gasteiger partial charge in [0.25, 0.3) is 0 Å². The van der Waals surface area contributed by atoms with Crippen molar-refractivity contribution in [2.75, 3.05) is 7.05 Å². The maximum Gasteiger partial charge on any atom is 0.161 e. The molecule has 0 saturated carbocycles. The van der Waals surface area contributed by atoms with Gasteiger partial charge in [0.05, 0.1) is 6.04 Å². The quantitative estimate of drug-likeness (QED) is 0.644. The second kappa shape index (κ2) is 5.93. The summed E-state index contributed by atoms with van der Waals surface area (Å²) in [6, 6.07) is 4.33.